The van der Waals surface area contributed by atoms with E-state index in [0.29, 0.717) is 10.8 Å². The molecule has 2 N–H and O–H groups in total. The molecule has 122 valence electrons. The van der Waals surface area contributed by atoms with Gasteiger partial charge in [-0.1, -0.05) is 23.8 Å². The van der Waals surface area contributed by atoms with Crippen molar-refractivity contribution in [3.63, 3.8) is 0 Å². The molecule has 0 spiro atoms. The molecule has 0 fully saturated rings. The minimum absolute atomic E-state index is 0.288. The molecule has 3 rings (SSSR count). The summed E-state index contributed by atoms with van der Waals surface area (Å²) in [6, 6.07) is 11.8. The second kappa shape index (κ2) is 6.80. The molecule has 0 aliphatic rings. The van der Waals surface area contributed by atoms with Gasteiger partial charge >= 0.3 is 0 Å². The highest BCUT2D eigenvalue weighted by Gasteiger charge is 2.12. The summed E-state index contributed by atoms with van der Waals surface area (Å²) in [6.45, 7) is 4.05. The molecule has 24 heavy (non-hydrogen) atoms. The van der Waals surface area contributed by atoms with Crippen molar-refractivity contribution < 1.29 is 9.18 Å². The van der Waals surface area contributed by atoms with Crippen molar-refractivity contribution in [2.24, 2.45) is 0 Å². The van der Waals surface area contributed by atoms with Gasteiger partial charge in [-0.15, -0.1) is 11.3 Å². The fourth-order valence-corrected chi connectivity index (χ4v) is 2.97. The van der Waals surface area contributed by atoms with Gasteiger partial charge < -0.3 is 10.6 Å². The van der Waals surface area contributed by atoms with Crippen LogP contribution < -0.4 is 10.6 Å². The standard InChI is InChI=1S/C18H16FN3OS/c1-11-6-7-15(12(2)8-11)21-18-22-16(10-24-18)17(23)20-14-5-3-4-13(19)9-14/h3-10H,1-2H3,(H,20,23)(H,21,22). The van der Waals surface area contributed by atoms with E-state index in [1.54, 1.807) is 17.5 Å². The minimum atomic E-state index is -0.400. The molecule has 0 saturated heterocycles. The van der Waals surface area contributed by atoms with E-state index in [4.69, 9.17) is 0 Å². The summed E-state index contributed by atoms with van der Waals surface area (Å²) in [5, 5.41) is 8.15. The van der Waals surface area contributed by atoms with Crippen LogP contribution in [0.25, 0.3) is 0 Å². The molecule has 0 bridgehead atoms. The van der Waals surface area contributed by atoms with Gasteiger partial charge in [0, 0.05) is 16.8 Å². The number of nitrogens with zero attached hydrogens (tertiary/aromatic N) is 1. The molecule has 3 aromatic rings. The first-order valence-electron chi connectivity index (χ1n) is 7.38. The number of anilines is 3. The van der Waals surface area contributed by atoms with Crippen LogP contribution in [0.15, 0.2) is 47.8 Å². The third-order valence-corrected chi connectivity index (χ3v) is 4.20. The van der Waals surface area contributed by atoms with E-state index in [1.165, 1.54) is 29.0 Å². The average Bonchev–Trinajstić information content (AvgIpc) is 2.99. The second-order valence-electron chi connectivity index (χ2n) is 5.45. The number of rotatable bonds is 4. The number of aryl methyl sites for hydroxylation is 2. The number of aromatic nitrogens is 1. The number of halogens is 1. The number of hydrogen-bond donors (Lipinski definition) is 2. The SMILES string of the molecule is Cc1ccc(Nc2nc(C(=O)Nc3cccc(F)c3)cs2)c(C)c1. The Labute approximate surface area is 143 Å². The monoisotopic (exact) mass is 341 g/mol. The number of nitrogens with one attached hydrogen (secondary N) is 2. The molecule has 4 nitrogen and oxygen atoms in total. The van der Waals surface area contributed by atoms with E-state index in [1.807, 2.05) is 26.0 Å². The molecule has 0 atom stereocenters. The van der Waals surface area contributed by atoms with E-state index in [2.05, 4.69) is 21.7 Å². The zero-order chi connectivity index (χ0) is 17.1. The lowest BCUT2D eigenvalue weighted by Crippen LogP contribution is -2.12. The number of thiazole rings is 1. The lowest BCUT2D eigenvalue weighted by Gasteiger charge is -2.07. The maximum Gasteiger partial charge on any atom is 0.275 e. The van der Waals surface area contributed by atoms with Crippen molar-refractivity contribution in [1.29, 1.82) is 0 Å². The summed E-state index contributed by atoms with van der Waals surface area (Å²) in [7, 11) is 0. The Balaban J connectivity index is 1.71. The lowest BCUT2D eigenvalue weighted by atomic mass is 10.1. The van der Waals surface area contributed by atoms with Crippen molar-refractivity contribution in [2.75, 3.05) is 10.6 Å². The maximum atomic E-state index is 13.2. The zero-order valence-electron chi connectivity index (χ0n) is 13.3. The van der Waals surface area contributed by atoms with Crippen LogP contribution in [0.1, 0.15) is 21.6 Å². The Morgan fingerprint density at radius 3 is 2.75 bits per heavy atom. The second-order valence-corrected chi connectivity index (χ2v) is 6.30. The smallest absolute Gasteiger partial charge is 0.275 e. The molecule has 1 heterocycles. The Bertz CT molecular complexity index is 891. The third kappa shape index (κ3) is 3.78. The first-order valence-corrected chi connectivity index (χ1v) is 8.26. The molecule has 0 aliphatic heterocycles. The van der Waals surface area contributed by atoms with Crippen LogP contribution in [-0.4, -0.2) is 10.9 Å². The van der Waals surface area contributed by atoms with Crippen molar-refractivity contribution >= 4 is 33.8 Å². The van der Waals surface area contributed by atoms with Gasteiger partial charge in [0.25, 0.3) is 5.91 Å². The molecular weight excluding hydrogens is 325 g/mol. The number of carbonyl (C=O) groups excluding carboxylic acids is 1. The Kier molecular flexibility index (Phi) is 4.57. The fourth-order valence-electron chi connectivity index (χ4n) is 2.27. The minimum Gasteiger partial charge on any atom is -0.331 e. The lowest BCUT2D eigenvalue weighted by molar-refractivity contribution is 0.102. The molecule has 6 heteroatoms. The van der Waals surface area contributed by atoms with Crippen LogP contribution in [0.3, 0.4) is 0 Å². The molecule has 0 radical (unpaired) electrons. The summed E-state index contributed by atoms with van der Waals surface area (Å²) in [6.07, 6.45) is 0. The average molecular weight is 341 g/mol. The zero-order valence-corrected chi connectivity index (χ0v) is 14.1. The van der Waals surface area contributed by atoms with Crippen molar-refractivity contribution in [1.82, 2.24) is 4.98 Å². The highest BCUT2D eigenvalue weighted by Crippen LogP contribution is 2.24. The van der Waals surface area contributed by atoms with Gasteiger partial charge in [0.15, 0.2) is 5.13 Å². The van der Waals surface area contributed by atoms with Crippen molar-refractivity contribution in [3.05, 3.63) is 70.5 Å². The fraction of sp³-hybridized carbons (Fsp3) is 0.111. The molecule has 0 unspecified atom stereocenters. The summed E-state index contributed by atoms with van der Waals surface area (Å²) in [5.41, 5.74) is 3.93. The quantitative estimate of drug-likeness (QED) is 0.710. The summed E-state index contributed by atoms with van der Waals surface area (Å²) in [4.78, 5) is 16.5. The first-order chi connectivity index (χ1) is 11.5. The van der Waals surface area contributed by atoms with E-state index >= 15 is 0 Å². The molecule has 0 aliphatic carbocycles. The highest BCUT2D eigenvalue weighted by molar-refractivity contribution is 7.14. The number of benzene rings is 2. The molecule has 0 saturated carbocycles. The van der Waals surface area contributed by atoms with E-state index in [0.717, 1.165) is 11.3 Å². The summed E-state index contributed by atoms with van der Waals surface area (Å²) >= 11 is 1.34. The van der Waals surface area contributed by atoms with Gasteiger partial charge in [-0.2, -0.15) is 0 Å². The molecule has 2 aromatic carbocycles. The highest BCUT2D eigenvalue weighted by atomic mass is 32.1. The summed E-state index contributed by atoms with van der Waals surface area (Å²) in [5.74, 6) is -0.770. The van der Waals surface area contributed by atoms with Crippen LogP contribution >= 0.6 is 11.3 Å². The van der Waals surface area contributed by atoms with Gasteiger partial charge in [-0.3, -0.25) is 4.79 Å². The van der Waals surface area contributed by atoms with Crippen molar-refractivity contribution in [3.8, 4) is 0 Å². The maximum absolute atomic E-state index is 13.2. The van der Waals surface area contributed by atoms with Gasteiger partial charge in [0.1, 0.15) is 11.5 Å². The van der Waals surface area contributed by atoms with Crippen molar-refractivity contribution in [2.45, 2.75) is 13.8 Å². The Morgan fingerprint density at radius 1 is 1.17 bits per heavy atom. The predicted octanol–water partition coefficient (Wildman–Crippen LogP) is 4.89. The van der Waals surface area contributed by atoms with Crippen LogP contribution in [0.2, 0.25) is 0 Å². The van der Waals surface area contributed by atoms with E-state index in [9.17, 15) is 9.18 Å². The van der Waals surface area contributed by atoms with Crippen LogP contribution in [0, 0.1) is 19.7 Å². The van der Waals surface area contributed by atoms with Gasteiger partial charge in [0.2, 0.25) is 0 Å². The first kappa shape index (κ1) is 16.1. The van der Waals surface area contributed by atoms with E-state index in [-0.39, 0.29) is 11.6 Å². The van der Waals surface area contributed by atoms with Crippen LogP contribution in [0.4, 0.5) is 20.9 Å². The Morgan fingerprint density at radius 2 is 2.00 bits per heavy atom. The van der Waals surface area contributed by atoms with Gasteiger partial charge in [0.05, 0.1) is 0 Å². The topological polar surface area (TPSA) is 54.0 Å². The number of amides is 1. The Hall–Kier alpha value is -2.73. The number of hydrogen-bond acceptors (Lipinski definition) is 4. The molecule has 1 aromatic heterocycles. The van der Waals surface area contributed by atoms with Gasteiger partial charge in [-0.05, 0) is 43.7 Å². The van der Waals surface area contributed by atoms with Crippen LogP contribution in [0.5, 0.6) is 0 Å². The predicted molar refractivity (Wildman–Crippen MR) is 95.7 cm³/mol. The normalized spacial score (nSPS) is 10.5. The molecule has 1 amide bonds. The van der Waals surface area contributed by atoms with E-state index < -0.39 is 5.82 Å². The van der Waals surface area contributed by atoms with Gasteiger partial charge in [-0.25, -0.2) is 9.37 Å². The van der Waals surface area contributed by atoms with Crippen LogP contribution in [-0.2, 0) is 0 Å². The number of carbonyl (C=O) groups is 1. The summed E-state index contributed by atoms with van der Waals surface area (Å²) < 4.78 is 13.2. The molecular formula is C18H16FN3OS. The largest absolute Gasteiger partial charge is 0.331 e. The third-order valence-electron chi connectivity index (χ3n) is 3.44.